The summed E-state index contributed by atoms with van der Waals surface area (Å²) in [5.41, 5.74) is 0.974. The first kappa shape index (κ1) is 16.5. The second-order valence-corrected chi connectivity index (χ2v) is 7.71. The highest BCUT2D eigenvalue weighted by Gasteiger charge is 2.50. The minimum atomic E-state index is -3.72. The van der Waals surface area contributed by atoms with Gasteiger partial charge in [0.05, 0.1) is 10.9 Å². The normalized spacial score (nSPS) is 25.3. The second kappa shape index (κ2) is 6.08. The maximum absolute atomic E-state index is 12.9. The van der Waals surface area contributed by atoms with Crippen LogP contribution in [0.2, 0.25) is 0 Å². The van der Waals surface area contributed by atoms with Crippen LogP contribution in [0.25, 0.3) is 0 Å². The van der Waals surface area contributed by atoms with Gasteiger partial charge in [-0.25, -0.2) is 8.42 Å². The molecule has 0 unspecified atom stereocenters. The summed E-state index contributed by atoms with van der Waals surface area (Å²) in [7, 11) is -3.72. The number of aryl methyl sites for hydroxylation is 1. The number of hydrogen-bond acceptors (Lipinski definition) is 3. The number of carbonyl (C=O) groups excluding carboxylic acids is 1. The van der Waals surface area contributed by atoms with Crippen LogP contribution in [0.1, 0.15) is 12.5 Å². The van der Waals surface area contributed by atoms with Crippen molar-refractivity contribution in [3.8, 4) is 0 Å². The second-order valence-electron chi connectivity index (χ2n) is 5.64. The molecule has 4 nitrogen and oxygen atoms in total. The van der Waals surface area contributed by atoms with E-state index in [9.17, 15) is 13.2 Å². The molecular formula is C17H21NO3S. The van der Waals surface area contributed by atoms with E-state index >= 15 is 0 Å². The van der Waals surface area contributed by atoms with Crippen molar-refractivity contribution < 1.29 is 13.2 Å². The van der Waals surface area contributed by atoms with Crippen LogP contribution in [-0.2, 0) is 14.6 Å². The third kappa shape index (κ3) is 2.61. The molecular weight excluding hydrogens is 298 g/mol. The van der Waals surface area contributed by atoms with Crippen molar-refractivity contribution in [2.45, 2.75) is 30.0 Å². The molecule has 118 valence electrons. The molecule has 1 aliphatic rings. The zero-order valence-electron chi connectivity index (χ0n) is 12.9. The molecule has 2 rings (SSSR count). The van der Waals surface area contributed by atoms with Crippen LogP contribution in [-0.4, -0.2) is 37.1 Å². The number of carbonyl (C=O) groups is 1. The van der Waals surface area contributed by atoms with Crippen molar-refractivity contribution in [3.05, 3.63) is 55.1 Å². The van der Waals surface area contributed by atoms with E-state index in [1.54, 1.807) is 43.3 Å². The van der Waals surface area contributed by atoms with Crippen LogP contribution >= 0.6 is 0 Å². The standard InChI is InChI=1S/C17H21NO3S/c1-5-11-18-15(6-2)13(4)16(17(18)19)22(20,21)14-9-7-12(3)8-10-14/h5-10,13,15-16H,1-2,11H2,3-4H3/t13-,15-,16+/m0/s1. The van der Waals surface area contributed by atoms with E-state index in [1.165, 1.54) is 4.90 Å². The van der Waals surface area contributed by atoms with Gasteiger partial charge in [-0.1, -0.05) is 36.8 Å². The Labute approximate surface area is 132 Å². The monoisotopic (exact) mass is 319 g/mol. The molecule has 0 radical (unpaired) electrons. The van der Waals surface area contributed by atoms with E-state index in [4.69, 9.17) is 0 Å². The van der Waals surface area contributed by atoms with Crippen LogP contribution in [0.4, 0.5) is 0 Å². The lowest BCUT2D eigenvalue weighted by atomic mass is 10.0. The van der Waals surface area contributed by atoms with Gasteiger partial charge in [-0.3, -0.25) is 4.79 Å². The van der Waals surface area contributed by atoms with Crippen LogP contribution in [0.5, 0.6) is 0 Å². The lowest BCUT2D eigenvalue weighted by Crippen LogP contribution is -2.36. The molecule has 3 atom stereocenters. The topological polar surface area (TPSA) is 54.5 Å². The Morgan fingerprint density at radius 2 is 1.82 bits per heavy atom. The van der Waals surface area contributed by atoms with Gasteiger partial charge in [0, 0.05) is 12.5 Å². The van der Waals surface area contributed by atoms with Gasteiger partial charge in [0.25, 0.3) is 0 Å². The molecule has 22 heavy (non-hydrogen) atoms. The lowest BCUT2D eigenvalue weighted by molar-refractivity contribution is -0.127. The molecule has 1 aliphatic heterocycles. The molecule has 0 aromatic heterocycles. The van der Waals surface area contributed by atoms with Crippen molar-refractivity contribution >= 4 is 15.7 Å². The molecule has 1 aromatic carbocycles. The molecule has 0 aliphatic carbocycles. The highest BCUT2D eigenvalue weighted by molar-refractivity contribution is 7.92. The maximum Gasteiger partial charge on any atom is 0.242 e. The van der Waals surface area contributed by atoms with E-state index in [2.05, 4.69) is 13.2 Å². The quantitative estimate of drug-likeness (QED) is 0.783. The van der Waals surface area contributed by atoms with Crippen molar-refractivity contribution in [1.82, 2.24) is 4.90 Å². The summed E-state index contributed by atoms with van der Waals surface area (Å²) in [6, 6.07) is 6.30. The molecule has 1 saturated heterocycles. The summed E-state index contributed by atoms with van der Waals surface area (Å²) in [5.74, 6) is -0.728. The zero-order chi connectivity index (χ0) is 16.5. The predicted octanol–water partition coefficient (Wildman–Crippen LogP) is 2.36. The Balaban J connectivity index is 2.46. The molecule has 0 saturated carbocycles. The minimum absolute atomic E-state index is 0.187. The van der Waals surface area contributed by atoms with Gasteiger partial charge in [0.15, 0.2) is 9.84 Å². The van der Waals surface area contributed by atoms with Crippen LogP contribution in [0, 0.1) is 12.8 Å². The van der Waals surface area contributed by atoms with Gasteiger partial charge < -0.3 is 4.90 Å². The minimum Gasteiger partial charge on any atom is -0.331 e. The number of rotatable bonds is 5. The van der Waals surface area contributed by atoms with Crippen molar-refractivity contribution in [2.75, 3.05) is 6.54 Å². The highest BCUT2D eigenvalue weighted by atomic mass is 32.2. The van der Waals surface area contributed by atoms with Crippen molar-refractivity contribution in [3.63, 3.8) is 0 Å². The first-order valence-corrected chi connectivity index (χ1v) is 8.73. The van der Waals surface area contributed by atoms with Gasteiger partial charge in [-0.15, -0.1) is 13.2 Å². The number of sulfone groups is 1. The Morgan fingerprint density at radius 3 is 2.32 bits per heavy atom. The summed E-state index contributed by atoms with van der Waals surface area (Å²) < 4.78 is 25.7. The summed E-state index contributed by atoms with van der Waals surface area (Å²) in [6.45, 7) is 11.4. The summed E-state index contributed by atoms with van der Waals surface area (Å²) >= 11 is 0. The van der Waals surface area contributed by atoms with E-state index in [1.807, 2.05) is 6.92 Å². The third-order valence-electron chi connectivity index (χ3n) is 4.15. The first-order valence-electron chi connectivity index (χ1n) is 7.19. The summed E-state index contributed by atoms with van der Waals surface area (Å²) in [5, 5.41) is -1.07. The fourth-order valence-electron chi connectivity index (χ4n) is 2.98. The Hall–Kier alpha value is -1.88. The van der Waals surface area contributed by atoms with E-state index in [-0.39, 0.29) is 22.8 Å². The molecule has 1 amide bonds. The number of likely N-dealkylation sites (tertiary alicyclic amines) is 1. The van der Waals surface area contributed by atoms with Crippen molar-refractivity contribution in [1.29, 1.82) is 0 Å². The summed E-state index contributed by atoms with van der Waals surface area (Å²) in [6.07, 6.45) is 3.23. The smallest absolute Gasteiger partial charge is 0.242 e. The summed E-state index contributed by atoms with van der Waals surface area (Å²) in [4.78, 5) is 14.3. The fourth-order valence-corrected chi connectivity index (χ4v) is 4.92. The van der Waals surface area contributed by atoms with Gasteiger partial charge in [0.2, 0.25) is 5.91 Å². The number of benzene rings is 1. The molecule has 1 aromatic rings. The zero-order valence-corrected chi connectivity index (χ0v) is 13.7. The predicted molar refractivity (Wildman–Crippen MR) is 87.2 cm³/mol. The first-order chi connectivity index (χ1) is 10.3. The Kier molecular flexibility index (Phi) is 4.56. The fraction of sp³-hybridized carbons (Fsp3) is 0.353. The molecule has 0 spiro atoms. The van der Waals surface area contributed by atoms with Gasteiger partial charge >= 0.3 is 0 Å². The largest absolute Gasteiger partial charge is 0.331 e. The molecule has 0 bridgehead atoms. The highest BCUT2D eigenvalue weighted by Crippen LogP contribution is 2.34. The van der Waals surface area contributed by atoms with E-state index < -0.39 is 15.1 Å². The Morgan fingerprint density at radius 1 is 1.23 bits per heavy atom. The third-order valence-corrected chi connectivity index (χ3v) is 6.38. The molecule has 1 heterocycles. The van der Waals surface area contributed by atoms with Crippen LogP contribution in [0.15, 0.2) is 54.5 Å². The van der Waals surface area contributed by atoms with Gasteiger partial charge in [0.1, 0.15) is 5.25 Å². The van der Waals surface area contributed by atoms with Gasteiger partial charge in [-0.2, -0.15) is 0 Å². The van der Waals surface area contributed by atoms with E-state index in [0.717, 1.165) is 5.56 Å². The molecule has 1 fully saturated rings. The van der Waals surface area contributed by atoms with Crippen molar-refractivity contribution in [2.24, 2.45) is 5.92 Å². The Bertz CT molecular complexity index is 691. The average molecular weight is 319 g/mol. The number of amides is 1. The number of nitrogens with zero attached hydrogens (tertiary/aromatic N) is 1. The van der Waals surface area contributed by atoms with Crippen LogP contribution in [0.3, 0.4) is 0 Å². The lowest BCUT2D eigenvalue weighted by Gasteiger charge is -2.21. The molecule has 5 heteroatoms. The van der Waals surface area contributed by atoms with Crippen LogP contribution < -0.4 is 0 Å². The average Bonchev–Trinajstić information content (AvgIpc) is 2.71. The SMILES string of the molecule is C=CCN1C(=O)[C@H](S(=O)(=O)c2ccc(C)cc2)[C@@H](C)[C@@H]1C=C. The van der Waals surface area contributed by atoms with E-state index in [0.29, 0.717) is 6.54 Å². The maximum atomic E-state index is 12.9. The number of hydrogen-bond donors (Lipinski definition) is 0. The van der Waals surface area contributed by atoms with Gasteiger partial charge in [-0.05, 0) is 19.1 Å². The molecule has 0 N–H and O–H groups in total.